The Morgan fingerprint density at radius 1 is 1.09 bits per heavy atom. The highest BCUT2D eigenvalue weighted by Crippen LogP contribution is 2.28. The molecule has 0 heterocycles. The maximum atomic E-state index is 13.7. The van der Waals surface area contributed by atoms with E-state index in [0.717, 1.165) is 16.1 Å². The van der Waals surface area contributed by atoms with E-state index in [2.05, 4.69) is 10.5 Å². The van der Waals surface area contributed by atoms with Gasteiger partial charge in [0, 0.05) is 12.1 Å². The van der Waals surface area contributed by atoms with Gasteiger partial charge < -0.3 is 4.74 Å². The van der Waals surface area contributed by atoms with Crippen molar-refractivity contribution in [2.75, 3.05) is 13.7 Å². The lowest BCUT2D eigenvalue weighted by Gasteiger charge is -2.23. The number of hydrazone groups is 1. The average Bonchev–Trinajstić information content (AvgIpc) is 2.80. The van der Waals surface area contributed by atoms with E-state index < -0.39 is 28.3 Å². The van der Waals surface area contributed by atoms with Crippen LogP contribution in [0.15, 0.2) is 82.8 Å². The molecule has 0 radical (unpaired) electrons. The maximum Gasteiger partial charge on any atom is 0.255 e. The van der Waals surface area contributed by atoms with Crippen molar-refractivity contribution in [3.05, 3.63) is 95.3 Å². The number of hydrogen-bond acceptors (Lipinski definition) is 5. The third-order valence-corrected chi connectivity index (χ3v) is 6.57. The van der Waals surface area contributed by atoms with Gasteiger partial charge in [0.25, 0.3) is 5.91 Å². The van der Waals surface area contributed by atoms with Crippen LogP contribution in [0.5, 0.6) is 5.75 Å². The third kappa shape index (κ3) is 6.24. The first-order valence-electron chi connectivity index (χ1n) is 10.1. The van der Waals surface area contributed by atoms with Gasteiger partial charge in [0.2, 0.25) is 10.0 Å². The standard InChI is InChI=1S/C24H24FN3O4S/c1-18-12-13-22(32-2)23(14-18)33(30,31)28(16-19-8-4-3-5-9-19)17-24(29)27-26-15-20-10-6-7-11-21(20)25/h3-15H,16-17H2,1-2H3,(H,27,29)/b26-15+. The Bertz CT molecular complexity index is 1250. The number of rotatable bonds is 9. The fourth-order valence-corrected chi connectivity index (χ4v) is 4.71. The van der Waals surface area contributed by atoms with Crippen molar-refractivity contribution in [2.45, 2.75) is 18.4 Å². The van der Waals surface area contributed by atoms with Gasteiger partial charge in [0.1, 0.15) is 16.5 Å². The summed E-state index contributed by atoms with van der Waals surface area (Å²) in [5, 5.41) is 3.75. The van der Waals surface area contributed by atoms with Crippen molar-refractivity contribution in [3.8, 4) is 5.75 Å². The van der Waals surface area contributed by atoms with Crippen LogP contribution in [0.2, 0.25) is 0 Å². The summed E-state index contributed by atoms with van der Waals surface area (Å²) in [6.45, 7) is 1.23. The van der Waals surface area contributed by atoms with Crippen LogP contribution in [0.4, 0.5) is 4.39 Å². The molecule has 9 heteroatoms. The quantitative estimate of drug-likeness (QED) is 0.384. The van der Waals surface area contributed by atoms with Gasteiger partial charge in [-0.2, -0.15) is 9.41 Å². The molecule has 0 aliphatic rings. The summed E-state index contributed by atoms with van der Waals surface area (Å²) >= 11 is 0. The molecule has 3 aromatic carbocycles. The zero-order valence-corrected chi connectivity index (χ0v) is 19.0. The van der Waals surface area contributed by atoms with Gasteiger partial charge in [-0.1, -0.05) is 54.6 Å². The molecule has 33 heavy (non-hydrogen) atoms. The van der Waals surface area contributed by atoms with Gasteiger partial charge in [0.15, 0.2) is 0 Å². The molecule has 0 spiro atoms. The first-order chi connectivity index (χ1) is 15.8. The highest BCUT2D eigenvalue weighted by Gasteiger charge is 2.30. The minimum absolute atomic E-state index is 0.0370. The van der Waals surface area contributed by atoms with Gasteiger partial charge in [-0.3, -0.25) is 4.79 Å². The van der Waals surface area contributed by atoms with Gasteiger partial charge in [0.05, 0.1) is 19.9 Å². The van der Waals surface area contributed by atoms with Crippen molar-refractivity contribution < 1.29 is 22.3 Å². The number of benzene rings is 3. The predicted octanol–water partition coefficient (Wildman–Crippen LogP) is 3.48. The number of methoxy groups -OCH3 is 1. The van der Waals surface area contributed by atoms with Crippen LogP contribution in [-0.4, -0.2) is 38.5 Å². The zero-order chi connectivity index (χ0) is 23.8. The normalized spacial score (nSPS) is 11.6. The number of hydrogen-bond donors (Lipinski definition) is 1. The molecular formula is C24H24FN3O4S. The van der Waals surface area contributed by atoms with Gasteiger partial charge >= 0.3 is 0 Å². The minimum Gasteiger partial charge on any atom is -0.495 e. The average molecular weight is 470 g/mol. The molecule has 0 unspecified atom stereocenters. The van der Waals surface area contributed by atoms with Crippen molar-refractivity contribution in [1.29, 1.82) is 0 Å². The number of ether oxygens (including phenoxy) is 1. The lowest BCUT2D eigenvalue weighted by Crippen LogP contribution is -2.39. The summed E-state index contributed by atoms with van der Waals surface area (Å²) in [5.74, 6) is -0.985. The van der Waals surface area contributed by atoms with Crippen LogP contribution in [0.3, 0.4) is 0 Å². The van der Waals surface area contributed by atoms with Crippen molar-refractivity contribution in [2.24, 2.45) is 5.10 Å². The highest BCUT2D eigenvalue weighted by molar-refractivity contribution is 7.89. The fraction of sp³-hybridized carbons (Fsp3) is 0.167. The van der Waals surface area contributed by atoms with Crippen molar-refractivity contribution in [1.82, 2.24) is 9.73 Å². The second kappa shape index (κ2) is 10.8. The number of sulfonamides is 1. The van der Waals surface area contributed by atoms with E-state index in [0.29, 0.717) is 5.56 Å². The first kappa shape index (κ1) is 24.1. The molecule has 1 amide bonds. The van der Waals surface area contributed by atoms with E-state index in [1.54, 1.807) is 49.4 Å². The van der Waals surface area contributed by atoms with E-state index in [1.165, 1.54) is 31.4 Å². The van der Waals surface area contributed by atoms with E-state index in [-0.39, 0.29) is 22.8 Å². The largest absolute Gasteiger partial charge is 0.495 e. The van der Waals surface area contributed by atoms with E-state index in [1.807, 2.05) is 6.07 Å². The van der Waals surface area contributed by atoms with Crippen LogP contribution >= 0.6 is 0 Å². The summed E-state index contributed by atoms with van der Waals surface area (Å²) in [7, 11) is -2.72. The Labute approximate surface area is 192 Å². The lowest BCUT2D eigenvalue weighted by atomic mass is 10.2. The fourth-order valence-electron chi connectivity index (χ4n) is 3.09. The SMILES string of the molecule is COc1ccc(C)cc1S(=O)(=O)N(CC(=O)N/N=C/c1ccccc1F)Cc1ccccc1. The summed E-state index contributed by atoms with van der Waals surface area (Å²) in [5.41, 5.74) is 3.89. The summed E-state index contributed by atoms with van der Waals surface area (Å²) in [4.78, 5) is 12.5. The maximum absolute atomic E-state index is 13.7. The summed E-state index contributed by atoms with van der Waals surface area (Å²) in [6, 6.07) is 19.7. The molecule has 1 N–H and O–H groups in total. The molecule has 0 saturated carbocycles. The molecule has 3 rings (SSSR count). The molecule has 0 aromatic heterocycles. The second-order valence-corrected chi connectivity index (χ2v) is 9.13. The van der Waals surface area contributed by atoms with Crippen LogP contribution < -0.4 is 10.2 Å². The molecule has 172 valence electrons. The Balaban J connectivity index is 1.86. The number of aryl methyl sites for hydroxylation is 1. The molecule has 0 saturated heterocycles. The van der Waals surface area contributed by atoms with E-state index in [4.69, 9.17) is 4.74 Å². The molecule has 0 aliphatic heterocycles. The minimum atomic E-state index is -4.11. The number of amides is 1. The first-order valence-corrected chi connectivity index (χ1v) is 11.5. The van der Waals surface area contributed by atoms with Gasteiger partial charge in [-0.25, -0.2) is 18.2 Å². The molecule has 0 bridgehead atoms. The Morgan fingerprint density at radius 2 is 1.79 bits per heavy atom. The van der Waals surface area contributed by atoms with Crippen molar-refractivity contribution >= 4 is 22.1 Å². The Hall–Kier alpha value is -3.56. The van der Waals surface area contributed by atoms with Crippen LogP contribution in [0.1, 0.15) is 16.7 Å². The van der Waals surface area contributed by atoms with Crippen molar-refractivity contribution in [3.63, 3.8) is 0 Å². The Kier molecular flexibility index (Phi) is 7.92. The van der Waals surface area contributed by atoms with E-state index in [9.17, 15) is 17.6 Å². The zero-order valence-electron chi connectivity index (χ0n) is 18.2. The number of nitrogens with zero attached hydrogens (tertiary/aromatic N) is 2. The second-order valence-electron chi connectivity index (χ2n) is 7.23. The lowest BCUT2D eigenvalue weighted by molar-refractivity contribution is -0.121. The third-order valence-electron chi connectivity index (χ3n) is 4.76. The van der Waals surface area contributed by atoms with Crippen LogP contribution in [0, 0.1) is 12.7 Å². The summed E-state index contributed by atoms with van der Waals surface area (Å²) in [6.07, 6.45) is 1.16. The molecule has 7 nitrogen and oxygen atoms in total. The van der Waals surface area contributed by atoms with Gasteiger partial charge in [-0.05, 0) is 36.2 Å². The molecule has 0 aliphatic carbocycles. The van der Waals surface area contributed by atoms with E-state index >= 15 is 0 Å². The predicted molar refractivity (Wildman–Crippen MR) is 124 cm³/mol. The smallest absolute Gasteiger partial charge is 0.255 e. The highest BCUT2D eigenvalue weighted by atomic mass is 32.2. The monoisotopic (exact) mass is 469 g/mol. The van der Waals surface area contributed by atoms with Crippen LogP contribution in [-0.2, 0) is 21.4 Å². The molecule has 0 atom stereocenters. The van der Waals surface area contributed by atoms with Gasteiger partial charge in [-0.15, -0.1) is 0 Å². The molecule has 0 fully saturated rings. The topological polar surface area (TPSA) is 88.1 Å². The molecular weight excluding hydrogens is 445 g/mol. The number of nitrogens with one attached hydrogen (secondary N) is 1. The summed E-state index contributed by atoms with van der Waals surface area (Å²) < 4.78 is 47.1. The number of carbonyl (C=O) groups excluding carboxylic acids is 1. The number of halogens is 1. The van der Waals surface area contributed by atoms with Crippen LogP contribution in [0.25, 0.3) is 0 Å². The molecule has 3 aromatic rings. The Morgan fingerprint density at radius 3 is 2.48 bits per heavy atom. The number of carbonyl (C=O) groups is 1.